The molecule has 1 aromatic heterocycles. The number of aromatic nitrogens is 1. The second kappa shape index (κ2) is 5.81. The van der Waals surface area contributed by atoms with Gasteiger partial charge in [-0.25, -0.2) is 9.78 Å². The van der Waals surface area contributed by atoms with Crippen molar-refractivity contribution in [3.05, 3.63) is 39.2 Å². The number of carbonyl (C=O) groups is 1. The summed E-state index contributed by atoms with van der Waals surface area (Å²) in [5, 5.41) is 15.3. The summed E-state index contributed by atoms with van der Waals surface area (Å²) < 4.78 is 0.502. The third-order valence-electron chi connectivity index (χ3n) is 2.15. The summed E-state index contributed by atoms with van der Waals surface area (Å²) in [6.45, 7) is 0. The van der Waals surface area contributed by atoms with Crippen LogP contribution >= 0.6 is 27.3 Å². The lowest BCUT2D eigenvalue weighted by Gasteiger charge is -2.02. The van der Waals surface area contributed by atoms with Crippen LogP contribution in [-0.2, 0) is 0 Å². The Morgan fingerprint density at radius 2 is 2.37 bits per heavy atom. The number of carboxylic acid groups (broad SMARTS) is 1. The van der Waals surface area contributed by atoms with Gasteiger partial charge >= 0.3 is 5.97 Å². The van der Waals surface area contributed by atoms with E-state index < -0.39 is 5.97 Å². The number of hydrogen-bond acceptors (Lipinski definition) is 6. The van der Waals surface area contributed by atoms with Crippen LogP contribution in [0.2, 0.25) is 0 Å². The van der Waals surface area contributed by atoms with Crippen molar-refractivity contribution in [2.75, 3.05) is 11.2 Å². The van der Waals surface area contributed by atoms with E-state index in [1.807, 2.05) is 0 Å². The minimum atomic E-state index is -1.02. The number of benzene rings is 1. The van der Waals surface area contributed by atoms with E-state index in [2.05, 4.69) is 31.4 Å². The Kier molecular flexibility index (Phi) is 4.13. The lowest BCUT2D eigenvalue weighted by molar-refractivity contribution is 0.0696. The normalized spacial score (nSPS) is 10.8. The van der Waals surface area contributed by atoms with Crippen LogP contribution < -0.4 is 11.2 Å². The maximum Gasteiger partial charge on any atom is 0.337 e. The molecule has 6 nitrogen and oxygen atoms in total. The summed E-state index contributed by atoms with van der Waals surface area (Å²) in [6.07, 6.45) is 1.42. The summed E-state index contributed by atoms with van der Waals surface area (Å²) in [6, 6.07) is 5.06. The van der Waals surface area contributed by atoms with Gasteiger partial charge in [-0.1, -0.05) is 12.1 Å². The second-order valence-electron chi connectivity index (χ2n) is 3.46. The molecule has 0 aliphatic heterocycles. The maximum absolute atomic E-state index is 11.1. The Balaban J connectivity index is 2.19. The fourth-order valence-corrected chi connectivity index (χ4v) is 2.47. The number of anilines is 2. The zero-order valence-electron chi connectivity index (χ0n) is 9.50. The molecular weight excluding hydrogens is 332 g/mol. The zero-order chi connectivity index (χ0) is 13.8. The fraction of sp³-hybridized carbons (Fsp3) is 0. The van der Waals surface area contributed by atoms with Gasteiger partial charge in [-0.15, -0.1) is 11.3 Å². The number of nitrogens with one attached hydrogen (secondary N) is 1. The van der Waals surface area contributed by atoms with Gasteiger partial charge in [-0.05, 0) is 22.0 Å². The van der Waals surface area contributed by atoms with Crippen LogP contribution in [0.3, 0.4) is 0 Å². The highest BCUT2D eigenvalue weighted by Crippen LogP contribution is 2.20. The van der Waals surface area contributed by atoms with E-state index in [9.17, 15) is 4.79 Å². The molecule has 2 aromatic rings. The molecule has 0 saturated heterocycles. The molecule has 0 unspecified atom stereocenters. The van der Waals surface area contributed by atoms with Crippen LogP contribution in [0.1, 0.15) is 15.9 Å². The van der Waals surface area contributed by atoms with Crippen molar-refractivity contribution in [2.24, 2.45) is 5.10 Å². The van der Waals surface area contributed by atoms with E-state index in [0.29, 0.717) is 21.0 Å². The number of carboxylic acids is 1. The second-order valence-corrected chi connectivity index (χ2v) is 5.17. The van der Waals surface area contributed by atoms with Crippen LogP contribution in [0.25, 0.3) is 0 Å². The Labute approximate surface area is 121 Å². The number of halogens is 1. The summed E-state index contributed by atoms with van der Waals surface area (Å²) >= 11 is 4.51. The zero-order valence-corrected chi connectivity index (χ0v) is 11.9. The number of thiazole rings is 1. The highest BCUT2D eigenvalue weighted by atomic mass is 79.9. The molecule has 19 heavy (non-hydrogen) atoms. The Morgan fingerprint density at radius 3 is 3.00 bits per heavy atom. The minimum absolute atomic E-state index is 0.159. The predicted molar refractivity (Wildman–Crippen MR) is 78.8 cm³/mol. The largest absolute Gasteiger partial charge is 0.478 e. The smallest absolute Gasteiger partial charge is 0.337 e. The average molecular weight is 341 g/mol. The highest BCUT2D eigenvalue weighted by molar-refractivity contribution is 9.10. The predicted octanol–water partition coefficient (Wildman–Crippen LogP) is 2.63. The van der Waals surface area contributed by atoms with Gasteiger partial charge in [0.1, 0.15) is 5.82 Å². The minimum Gasteiger partial charge on any atom is -0.478 e. The van der Waals surface area contributed by atoms with Gasteiger partial charge < -0.3 is 10.8 Å². The number of aromatic carboxylic acids is 1. The summed E-state index contributed by atoms with van der Waals surface area (Å²) in [5.41, 5.74) is 8.80. The first-order valence-electron chi connectivity index (χ1n) is 5.10. The molecule has 1 aromatic carbocycles. The third-order valence-corrected chi connectivity index (χ3v) is 3.57. The number of hydrazone groups is 1. The quantitative estimate of drug-likeness (QED) is 0.586. The van der Waals surface area contributed by atoms with Gasteiger partial charge in [-0.2, -0.15) is 5.10 Å². The van der Waals surface area contributed by atoms with E-state index in [1.165, 1.54) is 17.6 Å². The molecule has 8 heteroatoms. The molecule has 1 heterocycles. The molecule has 0 fully saturated rings. The van der Waals surface area contributed by atoms with Gasteiger partial charge in [0.25, 0.3) is 0 Å². The van der Waals surface area contributed by atoms with Gasteiger partial charge in [0.15, 0.2) is 0 Å². The molecule has 0 aliphatic rings. The Hall–Kier alpha value is -1.93. The number of nitrogen functional groups attached to an aromatic ring is 1. The molecule has 0 atom stereocenters. The molecule has 0 amide bonds. The molecule has 0 aliphatic carbocycles. The standard InChI is InChI=1S/C11H9BrN4O2S/c12-7-3-1-2-6(9(7)10(17)18)4-14-16-11-15-8(13)5-19-11/h1-5H,13H2,(H,15,16)(H,17,18). The maximum atomic E-state index is 11.1. The first-order chi connectivity index (χ1) is 9.08. The number of nitrogens with zero attached hydrogens (tertiary/aromatic N) is 2. The molecule has 0 spiro atoms. The molecule has 0 bridgehead atoms. The monoisotopic (exact) mass is 340 g/mol. The van der Waals surface area contributed by atoms with E-state index >= 15 is 0 Å². The van der Waals surface area contributed by atoms with Crippen LogP contribution in [0, 0.1) is 0 Å². The molecule has 0 radical (unpaired) electrons. The van der Waals surface area contributed by atoms with Gasteiger partial charge in [0.2, 0.25) is 5.13 Å². The van der Waals surface area contributed by atoms with E-state index in [4.69, 9.17) is 10.8 Å². The number of hydrogen-bond donors (Lipinski definition) is 3. The van der Waals surface area contributed by atoms with Crippen LogP contribution in [0.15, 0.2) is 33.2 Å². The highest BCUT2D eigenvalue weighted by Gasteiger charge is 2.12. The van der Waals surface area contributed by atoms with Crippen LogP contribution in [0.5, 0.6) is 0 Å². The van der Waals surface area contributed by atoms with Crippen molar-refractivity contribution in [1.29, 1.82) is 0 Å². The van der Waals surface area contributed by atoms with E-state index in [1.54, 1.807) is 23.6 Å². The number of nitrogens with two attached hydrogens (primary N) is 1. The van der Waals surface area contributed by atoms with Crippen molar-refractivity contribution >= 4 is 50.4 Å². The van der Waals surface area contributed by atoms with Gasteiger partial charge in [0.05, 0.1) is 11.8 Å². The molecule has 4 N–H and O–H groups in total. The summed E-state index contributed by atoms with van der Waals surface area (Å²) in [4.78, 5) is 15.1. The van der Waals surface area contributed by atoms with Crippen molar-refractivity contribution in [1.82, 2.24) is 4.98 Å². The topological polar surface area (TPSA) is 101 Å². The van der Waals surface area contributed by atoms with E-state index in [0.717, 1.165) is 0 Å². The summed E-state index contributed by atoms with van der Waals surface area (Å²) in [5.74, 6) is -0.608. The van der Waals surface area contributed by atoms with Crippen molar-refractivity contribution in [2.45, 2.75) is 0 Å². The van der Waals surface area contributed by atoms with Crippen LogP contribution in [0.4, 0.5) is 10.9 Å². The third kappa shape index (κ3) is 3.30. The molecular formula is C11H9BrN4O2S. The van der Waals surface area contributed by atoms with Crippen LogP contribution in [-0.4, -0.2) is 22.3 Å². The molecule has 98 valence electrons. The fourth-order valence-electron chi connectivity index (χ4n) is 1.37. The van der Waals surface area contributed by atoms with E-state index in [-0.39, 0.29) is 5.56 Å². The van der Waals surface area contributed by atoms with Crippen molar-refractivity contribution < 1.29 is 9.90 Å². The summed E-state index contributed by atoms with van der Waals surface area (Å²) in [7, 11) is 0. The lowest BCUT2D eigenvalue weighted by atomic mass is 10.1. The Morgan fingerprint density at radius 1 is 1.58 bits per heavy atom. The molecule has 0 saturated carbocycles. The first-order valence-corrected chi connectivity index (χ1v) is 6.77. The average Bonchev–Trinajstić information content (AvgIpc) is 2.74. The SMILES string of the molecule is Nc1csc(NN=Cc2cccc(Br)c2C(=O)O)n1. The molecule has 2 rings (SSSR count). The van der Waals surface area contributed by atoms with Gasteiger partial charge in [0, 0.05) is 15.4 Å². The van der Waals surface area contributed by atoms with Crippen molar-refractivity contribution in [3.8, 4) is 0 Å². The first kappa shape index (κ1) is 13.5. The lowest BCUT2D eigenvalue weighted by Crippen LogP contribution is -2.03. The number of rotatable bonds is 4. The van der Waals surface area contributed by atoms with Gasteiger partial charge in [-0.3, -0.25) is 5.43 Å². The van der Waals surface area contributed by atoms with Crippen molar-refractivity contribution in [3.63, 3.8) is 0 Å². The Bertz CT molecular complexity index is 641.